The Bertz CT molecular complexity index is 1200. The molecule has 10 heteroatoms. The molecule has 5 rings (SSSR count). The molecule has 2 amide bonds. The number of amides is 2. The number of hydrogen-bond donors (Lipinski definition) is 0. The molecule has 194 valence electrons. The molecule has 10 nitrogen and oxygen atoms in total. The molecule has 0 spiro atoms. The van der Waals surface area contributed by atoms with E-state index in [1.807, 2.05) is 12.1 Å². The number of carbonyl (C=O) groups excluding carboxylic acids is 2. The lowest BCUT2D eigenvalue weighted by atomic mass is 10.1. The van der Waals surface area contributed by atoms with Gasteiger partial charge in [-0.2, -0.15) is 5.10 Å². The third-order valence-electron chi connectivity index (χ3n) is 6.58. The van der Waals surface area contributed by atoms with Gasteiger partial charge >= 0.3 is 0 Å². The number of furan rings is 2. The van der Waals surface area contributed by atoms with Crippen LogP contribution in [0.15, 0.2) is 75.0 Å². The molecular weight excluding hydrogens is 476 g/mol. The van der Waals surface area contributed by atoms with Gasteiger partial charge in [-0.05, 0) is 48.5 Å². The number of benzene rings is 1. The Morgan fingerprint density at radius 1 is 1.05 bits per heavy atom. The van der Waals surface area contributed by atoms with Crippen LogP contribution in [0.4, 0.5) is 0 Å². The third kappa shape index (κ3) is 5.76. The molecule has 37 heavy (non-hydrogen) atoms. The van der Waals surface area contributed by atoms with Crippen molar-refractivity contribution in [1.82, 2.24) is 14.8 Å². The molecule has 4 heterocycles. The second-order valence-electron chi connectivity index (χ2n) is 8.91. The maximum Gasteiger partial charge on any atom is 0.262 e. The van der Waals surface area contributed by atoms with E-state index in [-0.39, 0.29) is 18.4 Å². The largest absolute Gasteiger partial charge is 0.497 e. The Hall–Kier alpha value is -3.89. The van der Waals surface area contributed by atoms with Gasteiger partial charge in [0, 0.05) is 38.2 Å². The Labute approximate surface area is 215 Å². The van der Waals surface area contributed by atoms with Crippen molar-refractivity contribution >= 4 is 17.5 Å². The van der Waals surface area contributed by atoms with Crippen LogP contribution < -0.4 is 4.74 Å². The van der Waals surface area contributed by atoms with Crippen LogP contribution in [-0.4, -0.2) is 85.4 Å². The van der Waals surface area contributed by atoms with E-state index in [4.69, 9.17) is 18.3 Å². The number of hydrazone groups is 1. The van der Waals surface area contributed by atoms with Gasteiger partial charge in [-0.3, -0.25) is 14.5 Å². The number of rotatable bonds is 9. The Balaban J connectivity index is 1.36. The van der Waals surface area contributed by atoms with Crippen molar-refractivity contribution in [1.29, 1.82) is 0 Å². The summed E-state index contributed by atoms with van der Waals surface area (Å²) >= 11 is 0. The van der Waals surface area contributed by atoms with E-state index < -0.39 is 6.04 Å². The van der Waals surface area contributed by atoms with Crippen LogP contribution >= 0.6 is 0 Å². The Kier molecular flexibility index (Phi) is 7.67. The quantitative estimate of drug-likeness (QED) is 0.440. The summed E-state index contributed by atoms with van der Waals surface area (Å²) in [5.74, 6) is 1.36. The second kappa shape index (κ2) is 11.4. The van der Waals surface area contributed by atoms with Gasteiger partial charge < -0.3 is 23.2 Å². The van der Waals surface area contributed by atoms with Crippen molar-refractivity contribution in [3.63, 3.8) is 0 Å². The number of carbonyl (C=O) groups is 2. The van der Waals surface area contributed by atoms with E-state index in [1.165, 1.54) is 5.01 Å². The Morgan fingerprint density at radius 2 is 1.81 bits per heavy atom. The molecule has 0 aliphatic carbocycles. The normalized spacial score (nSPS) is 18.0. The lowest BCUT2D eigenvalue weighted by molar-refractivity contribution is -0.134. The monoisotopic (exact) mass is 506 g/mol. The molecule has 2 aliphatic rings. The van der Waals surface area contributed by atoms with Crippen molar-refractivity contribution in [3.05, 3.63) is 78.1 Å². The van der Waals surface area contributed by atoms with Crippen LogP contribution in [0.25, 0.3) is 0 Å². The van der Waals surface area contributed by atoms with E-state index in [1.54, 1.807) is 60.9 Å². The average Bonchev–Trinajstić information content (AvgIpc) is 3.72. The molecule has 1 saturated heterocycles. The summed E-state index contributed by atoms with van der Waals surface area (Å²) in [7, 11) is 1.58. The zero-order valence-electron chi connectivity index (χ0n) is 20.7. The van der Waals surface area contributed by atoms with Crippen LogP contribution in [0.3, 0.4) is 0 Å². The van der Waals surface area contributed by atoms with E-state index in [0.717, 1.165) is 13.1 Å². The highest BCUT2D eigenvalue weighted by Gasteiger charge is 2.37. The van der Waals surface area contributed by atoms with E-state index in [2.05, 4.69) is 10.0 Å². The highest BCUT2D eigenvalue weighted by atomic mass is 16.5. The number of methoxy groups -OCH3 is 1. The van der Waals surface area contributed by atoms with Crippen LogP contribution in [0.1, 0.15) is 34.3 Å². The molecule has 0 bridgehead atoms. The fourth-order valence-electron chi connectivity index (χ4n) is 4.53. The van der Waals surface area contributed by atoms with Crippen molar-refractivity contribution in [3.8, 4) is 5.75 Å². The van der Waals surface area contributed by atoms with Gasteiger partial charge in [0.15, 0.2) is 0 Å². The van der Waals surface area contributed by atoms with Gasteiger partial charge in [-0.1, -0.05) is 0 Å². The summed E-state index contributed by atoms with van der Waals surface area (Å²) in [6, 6.07) is 13.7. The van der Waals surface area contributed by atoms with Gasteiger partial charge in [0.05, 0.1) is 32.8 Å². The number of hydrogen-bond acceptors (Lipinski definition) is 8. The lowest BCUT2D eigenvalue weighted by Crippen LogP contribution is -2.46. The molecular formula is C27H30N4O6. The topological polar surface area (TPSA) is 101 Å². The summed E-state index contributed by atoms with van der Waals surface area (Å²) in [6.45, 7) is 3.82. The average molecular weight is 507 g/mol. The maximum absolute atomic E-state index is 13.7. The van der Waals surface area contributed by atoms with E-state index >= 15 is 0 Å². The summed E-state index contributed by atoms with van der Waals surface area (Å²) in [5.41, 5.74) is 1.14. The SMILES string of the molecule is COc1ccc(C(=O)N(CCN2CCOCC2)CC(=O)N2N=C(c3ccco3)CC2c2ccco2)cc1. The standard InChI is InChI=1S/C27H30N4O6/c1-34-21-8-6-20(7-9-21)27(33)30(11-10-29-12-16-35-17-13-29)19-26(32)31-23(25-5-3-15-37-25)18-22(28-31)24-4-2-14-36-24/h2-9,14-15,23H,10-13,16-19H2,1H3. The van der Waals surface area contributed by atoms with Crippen molar-refractivity contribution in [2.45, 2.75) is 12.5 Å². The van der Waals surface area contributed by atoms with Crippen LogP contribution in [0.2, 0.25) is 0 Å². The first-order chi connectivity index (χ1) is 18.1. The van der Waals surface area contributed by atoms with E-state index in [9.17, 15) is 9.59 Å². The fourth-order valence-corrected chi connectivity index (χ4v) is 4.53. The third-order valence-corrected chi connectivity index (χ3v) is 6.58. The molecule has 3 aromatic rings. The van der Waals surface area contributed by atoms with Crippen LogP contribution in [0, 0.1) is 0 Å². The molecule has 0 radical (unpaired) electrons. The van der Waals surface area contributed by atoms with Crippen molar-refractivity contribution in [2.24, 2.45) is 5.10 Å². The molecule has 0 saturated carbocycles. The summed E-state index contributed by atoms with van der Waals surface area (Å²) in [6.07, 6.45) is 3.60. The lowest BCUT2D eigenvalue weighted by Gasteiger charge is -2.31. The minimum Gasteiger partial charge on any atom is -0.497 e. The molecule has 2 aromatic heterocycles. The van der Waals surface area contributed by atoms with Gasteiger partial charge in [-0.15, -0.1) is 0 Å². The van der Waals surface area contributed by atoms with Crippen LogP contribution in [-0.2, 0) is 9.53 Å². The predicted molar refractivity (Wildman–Crippen MR) is 134 cm³/mol. The molecule has 1 fully saturated rings. The van der Waals surface area contributed by atoms with Crippen molar-refractivity contribution < 1.29 is 27.9 Å². The smallest absolute Gasteiger partial charge is 0.262 e. The van der Waals surface area contributed by atoms with Crippen LogP contribution in [0.5, 0.6) is 5.75 Å². The second-order valence-corrected chi connectivity index (χ2v) is 8.91. The highest BCUT2D eigenvalue weighted by Crippen LogP contribution is 2.33. The number of nitrogens with zero attached hydrogens (tertiary/aromatic N) is 4. The highest BCUT2D eigenvalue weighted by molar-refractivity contribution is 6.02. The molecule has 1 atom stereocenters. The molecule has 0 N–H and O–H groups in total. The Morgan fingerprint density at radius 3 is 2.49 bits per heavy atom. The predicted octanol–water partition coefficient (Wildman–Crippen LogP) is 3.03. The summed E-state index contributed by atoms with van der Waals surface area (Å²) < 4.78 is 21.8. The van der Waals surface area contributed by atoms with Gasteiger partial charge in [0.2, 0.25) is 0 Å². The summed E-state index contributed by atoms with van der Waals surface area (Å²) in [4.78, 5) is 31.0. The van der Waals surface area contributed by atoms with E-state index in [0.29, 0.717) is 61.3 Å². The maximum atomic E-state index is 13.7. The molecule has 1 unspecified atom stereocenters. The molecule has 1 aromatic carbocycles. The minimum absolute atomic E-state index is 0.124. The fraction of sp³-hybridized carbons (Fsp3) is 0.370. The van der Waals surface area contributed by atoms with Crippen molar-refractivity contribution in [2.75, 3.05) is 53.0 Å². The minimum atomic E-state index is -0.417. The zero-order valence-corrected chi connectivity index (χ0v) is 20.7. The first-order valence-corrected chi connectivity index (χ1v) is 12.3. The van der Waals surface area contributed by atoms with Gasteiger partial charge in [0.25, 0.3) is 11.8 Å². The molecule has 2 aliphatic heterocycles. The van der Waals surface area contributed by atoms with Gasteiger partial charge in [0.1, 0.15) is 35.6 Å². The number of ether oxygens (including phenoxy) is 2. The first-order valence-electron chi connectivity index (χ1n) is 12.3. The van der Waals surface area contributed by atoms with Gasteiger partial charge in [-0.25, -0.2) is 5.01 Å². The summed E-state index contributed by atoms with van der Waals surface area (Å²) in [5, 5.41) is 6.01. The number of morpholine rings is 1. The first kappa shape index (κ1) is 24.8. The zero-order chi connectivity index (χ0) is 25.6.